The van der Waals surface area contributed by atoms with E-state index in [1.165, 1.54) is 0 Å². The highest BCUT2D eigenvalue weighted by Gasteiger charge is 2.25. The van der Waals surface area contributed by atoms with Crippen LogP contribution in [-0.4, -0.2) is 74.1 Å². The number of nitrogens with zero attached hydrogens (tertiary/aromatic N) is 2. The minimum absolute atomic E-state index is 0.183. The van der Waals surface area contributed by atoms with Gasteiger partial charge >= 0.3 is 6.09 Å². The van der Waals surface area contributed by atoms with Gasteiger partial charge in [0.1, 0.15) is 12.2 Å². The van der Waals surface area contributed by atoms with Crippen LogP contribution in [0.1, 0.15) is 18.9 Å². The number of rotatable bonds is 7. The predicted octanol–water partition coefficient (Wildman–Crippen LogP) is 1.04. The number of ether oxygens (including phenoxy) is 2. The molecule has 8 heteroatoms. The maximum atomic E-state index is 12.2. The first-order valence-electron chi connectivity index (χ1n) is 9.12. The summed E-state index contributed by atoms with van der Waals surface area (Å²) in [5.41, 5.74) is 1.05. The van der Waals surface area contributed by atoms with Crippen LogP contribution in [0.3, 0.4) is 0 Å². The molecule has 1 saturated heterocycles. The van der Waals surface area contributed by atoms with Crippen LogP contribution in [0.25, 0.3) is 0 Å². The van der Waals surface area contributed by atoms with E-state index in [1.54, 1.807) is 23.8 Å². The van der Waals surface area contributed by atoms with Gasteiger partial charge in [0.2, 0.25) is 11.8 Å². The number of hydrogen-bond acceptors (Lipinski definition) is 5. The maximum Gasteiger partial charge on any atom is 0.409 e. The van der Waals surface area contributed by atoms with Crippen molar-refractivity contribution in [1.29, 1.82) is 0 Å². The van der Waals surface area contributed by atoms with Crippen molar-refractivity contribution >= 4 is 17.9 Å². The van der Waals surface area contributed by atoms with Crippen molar-refractivity contribution in [2.45, 2.75) is 19.8 Å². The second-order valence-electron chi connectivity index (χ2n) is 6.20. The van der Waals surface area contributed by atoms with Crippen LogP contribution in [0.4, 0.5) is 4.79 Å². The Balaban J connectivity index is 1.68. The van der Waals surface area contributed by atoms with Crippen LogP contribution in [0.5, 0.6) is 5.75 Å². The standard InChI is InChI=1S/C19H27N3O5/c1-3-27-19(25)22-11-9-21(10-12-22)18(24)14-17(23)20-8-7-15-5-4-6-16(13-15)26-2/h4-6,13H,3,7-12,14H2,1-2H3,(H,20,23). The molecular weight excluding hydrogens is 350 g/mol. The highest BCUT2D eigenvalue weighted by Crippen LogP contribution is 2.12. The first-order valence-corrected chi connectivity index (χ1v) is 9.12. The summed E-state index contributed by atoms with van der Waals surface area (Å²) in [6.07, 6.45) is 0.118. The zero-order valence-corrected chi connectivity index (χ0v) is 15.9. The lowest BCUT2D eigenvalue weighted by molar-refractivity contribution is -0.137. The van der Waals surface area contributed by atoms with E-state index in [0.717, 1.165) is 11.3 Å². The molecule has 0 atom stereocenters. The Morgan fingerprint density at radius 2 is 1.81 bits per heavy atom. The topological polar surface area (TPSA) is 88.2 Å². The Morgan fingerprint density at radius 1 is 1.11 bits per heavy atom. The summed E-state index contributed by atoms with van der Waals surface area (Å²) in [6.45, 7) is 4.20. The van der Waals surface area contributed by atoms with E-state index in [2.05, 4.69) is 5.32 Å². The zero-order valence-electron chi connectivity index (χ0n) is 15.9. The van der Waals surface area contributed by atoms with Crippen LogP contribution < -0.4 is 10.1 Å². The van der Waals surface area contributed by atoms with E-state index in [9.17, 15) is 14.4 Å². The lowest BCUT2D eigenvalue weighted by Gasteiger charge is -2.34. The summed E-state index contributed by atoms with van der Waals surface area (Å²) in [5.74, 6) is 0.254. The molecule has 8 nitrogen and oxygen atoms in total. The summed E-state index contributed by atoms with van der Waals surface area (Å²) >= 11 is 0. The van der Waals surface area contributed by atoms with Gasteiger partial charge in [0, 0.05) is 32.7 Å². The van der Waals surface area contributed by atoms with Gasteiger partial charge in [-0.2, -0.15) is 0 Å². The van der Waals surface area contributed by atoms with Crippen molar-refractivity contribution in [2.75, 3.05) is 46.4 Å². The molecule has 148 valence electrons. The molecule has 1 fully saturated rings. The number of carbonyl (C=O) groups is 3. The molecule has 0 aromatic heterocycles. The van der Waals surface area contributed by atoms with Gasteiger partial charge in [-0.15, -0.1) is 0 Å². The summed E-state index contributed by atoms with van der Waals surface area (Å²) < 4.78 is 10.1. The third kappa shape index (κ3) is 6.47. The lowest BCUT2D eigenvalue weighted by atomic mass is 10.1. The highest BCUT2D eigenvalue weighted by atomic mass is 16.6. The average molecular weight is 377 g/mol. The molecule has 0 radical (unpaired) electrons. The molecule has 2 rings (SSSR count). The number of nitrogens with one attached hydrogen (secondary N) is 1. The van der Waals surface area contributed by atoms with E-state index < -0.39 is 0 Å². The highest BCUT2D eigenvalue weighted by molar-refractivity contribution is 5.97. The normalized spacial score (nSPS) is 13.9. The van der Waals surface area contributed by atoms with E-state index in [-0.39, 0.29) is 24.3 Å². The first-order chi connectivity index (χ1) is 13.0. The second-order valence-corrected chi connectivity index (χ2v) is 6.20. The average Bonchev–Trinajstić information content (AvgIpc) is 2.68. The van der Waals surface area contributed by atoms with Gasteiger partial charge in [-0.1, -0.05) is 12.1 Å². The molecule has 1 N–H and O–H groups in total. The number of carbonyl (C=O) groups excluding carboxylic acids is 3. The molecule has 1 aliphatic rings. The quantitative estimate of drug-likeness (QED) is 0.718. The minimum Gasteiger partial charge on any atom is -0.497 e. The Kier molecular flexibility index (Phi) is 7.91. The Labute approximate surface area is 159 Å². The Morgan fingerprint density at radius 3 is 2.48 bits per heavy atom. The maximum absolute atomic E-state index is 12.2. The third-order valence-corrected chi connectivity index (χ3v) is 4.34. The van der Waals surface area contributed by atoms with Gasteiger partial charge in [-0.3, -0.25) is 9.59 Å². The number of hydrogen-bond donors (Lipinski definition) is 1. The lowest BCUT2D eigenvalue weighted by Crippen LogP contribution is -2.51. The van der Waals surface area contributed by atoms with Gasteiger partial charge in [-0.05, 0) is 31.0 Å². The van der Waals surface area contributed by atoms with E-state index in [4.69, 9.17) is 9.47 Å². The van der Waals surface area contributed by atoms with Crippen LogP contribution in [0, 0.1) is 0 Å². The van der Waals surface area contributed by atoms with E-state index in [1.807, 2.05) is 24.3 Å². The fraction of sp³-hybridized carbons (Fsp3) is 0.526. The summed E-state index contributed by atoms with van der Waals surface area (Å²) in [4.78, 5) is 39.1. The molecule has 0 aliphatic carbocycles. The molecule has 1 aromatic carbocycles. The monoisotopic (exact) mass is 377 g/mol. The van der Waals surface area contributed by atoms with Crippen LogP contribution in [0.2, 0.25) is 0 Å². The minimum atomic E-state index is -0.361. The third-order valence-electron chi connectivity index (χ3n) is 4.34. The number of methoxy groups -OCH3 is 1. The molecule has 0 saturated carbocycles. The van der Waals surface area contributed by atoms with Crippen molar-refractivity contribution in [1.82, 2.24) is 15.1 Å². The molecule has 1 aliphatic heterocycles. The summed E-state index contributed by atoms with van der Waals surface area (Å²) in [5, 5.41) is 2.77. The van der Waals surface area contributed by atoms with E-state index in [0.29, 0.717) is 45.8 Å². The number of piperazine rings is 1. The fourth-order valence-corrected chi connectivity index (χ4v) is 2.84. The molecule has 1 heterocycles. The molecule has 0 unspecified atom stereocenters. The largest absolute Gasteiger partial charge is 0.497 e. The summed E-state index contributed by atoms with van der Waals surface area (Å²) in [7, 11) is 1.61. The van der Waals surface area contributed by atoms with Gasteiger partial charge in [0.25, 0.3) is 0 Å². The predicted molar refractivity (Wildman–Crippen MR) is 99.5 cm³/mol. The molecule has 0 bridgehead atoms. The molecule has 3 amide bonds. The van der Waals surface area contributed by atoms with Crippen molar-refractivity contribution in [3.63, 3.8) is 0 Å². The number of benzene rings is 1. The SMILES string of the molecule is CCOC(=O)N1CCN(C(=O)CC(=O)NCCc2cccc(OC)c2)CC1. The van der Waals surface area contributed by atoms with Crippen molar-refractivity contribution in [3.8, 4) is 5.75 Å². The molecule has 0 spiro atoms. The van der Waals surface area contributed by atoms with Crippen molar-refractivity contribution < 1.29 is 23.9 Å². The zero-order chi connectivity index (χ0) is 19.6. The van der Waals surface area contributed by atoms with E-state index >= 15 is 0 Å². The molecular formula is C19H27N3O5. The van der Waals surface area contributed by atoms with Crippen molar-refractivity contribution in [2.24, 2.45) is 0 Å². The number of amides is 3. The van der Waals surface area contributed by atoms with Gasteiger partial charge < -0.3 is 24.6 Å². The van der Waals surface area contributed by atoms with Crippen molar-refractivity contribution in [3.05, 3.63) is 29.8 Å². The van der Waals surface area contributed by atoms with Crippen LogP contribution in [-0.2, 0) is 20.7 Å². The van der Waals surface area contributed by atoms with Gasteiger partial charge in [0.15, 0.2) is 0 Å². The Bertz CT molecular complexity index is 657. The smallest absolute Gasteiger partial charge is 0.409 e. The van der Waals surface area contributed by atoms with Crippen LogP contribution in [0.15, 0.2) is 24.3 Å². The molecule has 1 aromatic rings. The first kappa shape index (κ1) is 20.5. The van der Waals surface area contributed by atoms with Gasteiger partial charge in [0.05, 0.1) is 13.7 Å². The van der Waals surface area contributed by atoms with Gasteiger partial charge in [-0.25, -0.2) is 4.79 Å². The Hall–Kier alpha value is -2.77. The fourth-order valence-electron chi connectivity index (χ4n) is 2.84. The second kappa shape index (κ2) is 10.4. The molecule has 27 heavy (non-hydrogen) atoms. The summed E-state index contributed by atoms with van der Waals surface area (Å²) in [6, 6.07) is 7.64. The van der Waals surface area contributed by atoms with Crippen LogP contribution >= 0.6 is 0 Å².